The van der Waals surface area contributed by atoms with Crippen molar-refractivity contribution < 1.29 is 13.9 Å². The molecule has 0 atom stereocenters. The molecular formula is C32H29NO3. The molecule has 0 saturated carbocycles. The van der Waals surface area contributed by atoms with Crippen LogP contribution in [0.25, 0.3) is 38.4 Å². The third kappa shape index (κ3) is 4.38. The second kappa shape index (κ2) is 9.38. The number of carbonyl (C=O) groups excluding carboxylic acids is 1. The molecule has 0 bridgehead atoms. The lowest BCUT2D eigenvalue weighted by Crippen LogP contribution is -2.09. The number of ether oxygens (including phenoxy) is 1. The Bertz CT molecular complexity index is 1640. The molecule has 180 valence electrons. The highest BCUT2D eigenvalue weighted by atomic mass is 16.5. The molecule has 0 unspecified atom stereocenters. The topological polar surface area (TPSA) is 51.5 Å². The molecule has 0 spiro atoms. The van der Waals surface area contributed by atoms with Crippen LogP contribution in [0, 0.1) is 20.8 Å². The van der Waals surface area contributed by atoms with Crippen LogP contribution < -0.4 is 10.1 Å². The van der Waals surface area contributed by atoms with Gasteiger partial charge < -0.3 is 14.5 Å². The molecule has 4 nitrogen and oxygen atoms in total. The fourth-order valence-electron chi connectivity index (χ4n) is 4.95. The third-order valence-electron chi connectivity index (χ3n) is 6.57. The van der Waals surface area contributed by atoms with Gasteiger partial charge in [-0.3, -0.25) is 4.79 Å². The third-order valence-corrected chi connectivity index (χ3v) is 6.57. The monoisotopic (exact) mass is 475 g/mol. The first kappa shape index (κ1) is 23.4. The first-order chi connectivity index (χ1) is 17.3. The average Bonchev–Trinajstić information content (AvgIpc) is 3.27. The molecule has 0 radical (unpaired) electrons. The predicted molar refractivity (Wildman–Crippen MR) is 149 cm³/mol. The van der Waals surface area contributed by atoms with Gasteiger partial charge in [-0.05, 0) is 85.0 Å². The van der Waals surface area contributed by atoms with Gasteiger partial charge in [0.15, 0.2) is 0 Å². The summed E-state index contributed by atoms with van der Waals surface area (Å²) in [5.74, 6) is 0.522. The predicted octanol–water partition coefficient (Wildman–Crippen LogP) is 8.23. The largest absolute Gasteiger partial charge is 0.496 e. The lowest BCUT2D eigenvalue weighted by molar-refractivity contribution is -0.111. The zero-order valence-electron chi connectivity index (χ0n) is 21.2. The number of fused-ring (bicyclic) bond motifs is 2. The van der Waals surface area contributed by atoms with Gasteiger partial charge in [0.25, 0.3) is 0 Å². The van der Waals surface area contributed by atoms with Gasteiger partial charge in [0.05, 0.1) is 13.4 Å². The van der Waals surface area contributed by atoms with E-state index >= 15 is 0 Å². The maximum atomic E-state index is 12.9. The number of hydrogen-bond donors (Lipinski definition) is 1. The number of carbonyl (C=O) groups is 1. The molecule has 5 rings (SSSR count). The zero-order valence-corrected chi connectivity index (χ0v) is 21.2. The summed E-state index contributed by atoms with van der Waals surface area (Å²) in [6, 6.07) is 22.8. The number of amides is 1. The molecule has 0 aliphatic carbocycles. The van der Waals surface area contributed by atoms with Gasteiger partial charge in [-0.25, -0.2) is 0 Å². The normalized spacial score (nSPS) is 11.8. The quantitative estimate of drug-likeness (QED) is 0.261. The Kier molecular flexibility index (Phi) is 6.11. The van der Waals surface area contributed by atoms with Crippen LogP contribution in [0.15, 0.2) is 83.5 Å². The van der Waals surface area contributed by atoms with Crippen LogP contribution in [0.5, 0.6) is 5.75 Å². The lowest BCUT2D eigenvalue weighted by Gasteiger charge is -2.13. The van der Waals surface area contributed by atoms with Gasteiger partial charge in [0, 0.05) is 33.8 Å². The summed E-state index contributed by atoms with van der Waals surface area (Å²) in [5.41, 5.74) is 8.45. The van der Waals surface area contributed by atoms with Crippen LogP contribution in [-0.4, -0.2) is 13.0 Å². The minimum absolute atomic E-state index is 0.181. The number of hydrogen-bond acceptors (Lipinski definition) is 3. The van der Waals surface area contributed by atoms with E-state index in [1.54, 1.807) is 19.4 Å². The van der Waals surface area contributed by atoms with Crippen molar-refractivity contribution in [3.63, 3.8) is 0 Å². The second-order valence-electron chi connectivity index (χ2n) is 9.36. The molecule has 0 aliphatic heterocycles. The summed E-state index contributed by atoms with van der Waals surface area (Å²) in [4.78, 5) is 12.9. The Morgan fingerprint density at radius 2 is 1.64 bits per heavy atom. The molecule has 1 heterocycles. The van der Waals surface area contributed by atoms with Crippen LogP contribution in [-0.2, 0) is 4.79 Å². The van der Waals surface area contributed by atoms with E-state index in [9.17, 15) is 4.79 Å². The van der Waals surface area contributed by atoms with E-state index in [0.717, 1.165) is 55.6 Å². The number of rotatable bonds is 5. The van der Waals surface area contributed by atoms with Gasteiger partial charge in [-0.2, -0.15) is 0 Å². The molecule has 0 fully saturated rings. The number of furan rings is 1. The molecule has 5 aromatic rings. The SMILES string of the molecule is COc1c(/C(C)=C/C(=O)Nc2cc(C)cc(C)c2)cc2c(-c3ccc4ccccc4c3)coc2c1C. The summed E-state index contributed by atoms with van der Waals surface area (Å²) in [6.07, 6.45) is 3.42. The highest BCUT2D eigenvalue weighted by molar-refractivity contribution is 6.06. The van der Waals surface area contributed by atoms with Crippen LogP contribution in [0.4, 0.5) is 5.69 Å². The molecule has 1 N–H and O–H groups in total. The number of aryl methyl sites for hydroxylation is 3. The van der Waals surface area contributed by atoms with E-state index in [-0.39, 0.29) is 5.91 Å². The van der Waals surface area contributed by atoms with E-state index in [0.29, 0.717) is 5.75 Å². The van der Waals surface area contributed by atoms with Gasteiger partial charge in [-0.15, -0.1) is 0 Å². The Balaban J connectivity index is 1.57. The summed E-state index contributed by atoms with van der Waals surface area (Å²) >= 11 is 0. The van der Waals surface area contributed by atoms with Gasteiger partial charge >= 0.3 is 0 Å². The summed E-state index contributed by atoms with van der Waals surface area (Å²) in [7, 11) is 1.65. The van der Waals surface area contributed by atoms with Crippen molar-refractivity contribution in [3.8, 4) is 16.9 Å². The van der Waals surface area contributed by atoms with Crippen LogP contribution in [0.2, 0.25) is 0 Å². The van der Waals surface area contributed by atoms with Crippen LogP contribution in [0.1, 0.15) is 29.2 Å². The standard InChI is InChI=1S/C32H29NO3/c1-19-12-20(2)14-26(13-19)33-30(34)15-21(3)27-17-28-29(18-36-32(28)22(4)31(27)35-5)25-11-10-23-8-6-7-9-24(23)16-25/h6-18H,1-5H3,(H,33,34)/b21-15+. The van der Waals surface area contributed by atoms with Crippen LogP contribution in [0.3, 0.4) is 0 Å². The first-order valence-corrected chi connectivity index (χ1v) is 12.0. The average molecular weight is 476 g/mol. The number of allylic oxidation sites excluding steroid dienone is 1. The van der Waals surface area contributed by atoms with Gasteiger partial charge in [0.2, 0.25) is 5.91 Å². The van der Waals surface area contributed by atoms with E-state index in [1.165, 1.54) is 10.8 Å². The molecule has 4 aromatic carbocycles. The highest BCUT2D eigenvalue weighted by Crippen LogP contribution is 2.41. The number of benzene rings is 4. The minimum Gasteiger partial charge on any atom is -0.496 e. The fraction of sp³-hybridized carbons (Fsp3) is 0.156. The maximum Gasteiger partial charge on any atom is 0.248 e. The van der Waals surface area contributed by atoms with Crippen molar-refractivity contribution in [2.24, 2.45) is 0 Å². The molecule has 1 amide bonds. The van der Waals surface area contributed by atoms with Crippen molar-refractivity contribution in [1.82, 2.24) is 0 Å². The van der Waals surface area contributed by atoms with Gasteiger partial charge in [-0.1, -0.05) is 42.5 Å². The van der Waals surface area contributed by atoms with Crippen LogP contribution >= 0.6 is 0 Å². The summed E-state index contributed by atoms with van der Waals surface area (Å²) < 4.78 is 11.8. The number of methoxy groups -OCH3 is 1. The highest BCUT2D eigenvalue weighted by Gasteiger charge is 2.19. The first-order valence-electron chi connectivity index (χ1n) is 12.0. The van der Waals surface area contributed by atoms with Crippen molar-refractivity contribution in [3.05, 3.63) is 101 Å². The molecule has 36 heavy (non-hydrogen) atoms. The Morgan fingerprint density at radius 1 is 0.917 bits per heavy atom. The van der Waals surface area contributed by atoms with Gasteiger partial charge in [0.1, 0.15) is 11.3 Å². The van der Waals surface area contributed by atoms with E-state index < -0.39 is 0 Å². The zero-order chi connectivity index (χ0) is 25.4. The second-order valence-corrected chi connectivity index (χ2v) is 9.36. The summed E-state index contributed by atoms with van der Waals surface area (Å²) in [6.45, 7) is 7.95. The smallest absolute Gasteiger partial charge is 0.248 e. The molecule has 4 heteroatoms. The van der Waals surface area contributed by atoms with Crippen molar-refractivity contribution in [1.29, 1.82) is 0 Å². The molecular weight excluding hydrogens is 446 g/mol. The maximum absolute atomic E-state index is 12.9. The molecule has 0 aliphatic rings. The van der Waals surface area contributed by atoms with Crippen molar-refractivity contribution in [2.45, 2.75) is 27.7 Å². The lowest BCUT2D eigenvalue weighted by atomic mass is 9.95. The Hall–Kier alpha value is -4.31. The van der Waals surface area contributed by atoms with Crippen molar-refractivity contribution >= 4 is 38.9 Å². The summed E-state index contributed by atoms with van der Waals surface area (Å²) in [5, 5.41) is 6.35. The Labute approximate surface area is 211 Å². The molecule has 1 aromatic heterocycles. The van der Waals surface area contributed by atoms with E-state index in [4.69, 9.17) is 9.15 Å². The number of nitrogens with one attached hydrogen (secondary N) is 1. The van der Waals surface area contributed by atoms with Crippen molar-refractivity contribution in [2.75, 3.05) is 12.4 Å². The minimum atomic E-state index is -0.181. The van der Waals surface area contributed by atoms with E-state index in [2.05, 4.69) is 47.8 Å². The number of anilines is 1. The Morgan fingerprint density at radius 3 is 2.36 bits per heavy atom. The fourth-order valence-corrected chi connectivity index (χ4v) is 4.95. The molecule has 0 saturated heterocycles. The van der Waals surface area contributed by atoms with E-state index in [1.807, 2.05) is 52.0 Å².